The molecule has 0 amide bonds. The van der Waals surface area contributed by atoms with Gasteiger partial charge in [0, 0.05) is 10.2 Å². The molecule has 0 saturated carbocycles. The number of aromatic carboxylic acids is 1. The molecule has 0 aliphatic carbocycles. The molecule has 2 rings (SSSR count). The Morgan fingerprint density at radius 2 is 1.95 bits per heavy atom. The molecule has 2 aromatic rings. The fourth-order valence-electron chi connectivity index (χ4n) is 1.77. The first-order chi connectivity index (χ1) is 9.45. The lowest BCUT2D eigenvalue weighted by Crippen LogP contribution is -2.12. The second kappa shape index (κ2) is 6.00. The number of aryl methyl sites for hydroxylation is 1. The highest BCUT2D eigenvalue weighted by atomic mass is 79.9. The van der Waals surface area contributed by atoms with E-state index in [0.717, 1.165) is 10.0 Å². The molecule has 0 radical (unpaired) electrons. The fourth-order valence-corrected chi connectivity index (χ4v) is 2.04. The molecule has 104 valence electrons. The topological polar surface area (TPSA) is 75.1 Å². The Morgan fingerprint density at radius 3 is 2.55 bits per heavy atom. The fraction of sp³-hybridized carbons (Fsp3) is 0.214. The van der Waals surface area contributed by atoms with Gasteiger partial charge in [-0.3, -0.25) is 0 Å². The van der Waals surface area contributed by atoms with E-state index in [1.807, 2.05) is 31.2 Å². The van der Waals surface area contributed by atoms with E-state index in [1.54, 1.807) is 6.92 Å². The number of aromatic nitrogens is 2. The molecular weight excluding hydrogens is 322 g/mol. The number of anilines is 1. The predicted molar refractivity (Wildman–Crippen MR) is 79.9 cm³/mol. The van der Waals surface area contributed by atoms with Gasteiger partial charge in [0.15, 0.2) is 5.69 Å². The van der Waals surface area contributed by atoms with Gasteiger partial charge in [0.2, 0.25) is 5.95 Å². The first-order valence-electron chi connectivity index (χ1n) is 6.06. The highest BCUT2D eigenvalue weighted by Gasteiger charge is 2.11. The minimum absolute atomic E-state index is 0.0111. The van der Waals surface area contributed by atoms with Crippen molar-refractivity contribution in [3.8, 4) is 0 Å². The normalized spacial score (nSPS) is 11.9. The molecule has 2 N–H and O–H groups in total. The Morgan fingerprint density at radius 1 is 1.30 bits per heavy atom. The molecule has 0 aliphatic heterocycles. The Kier molecular flexibility index (Phi) is 4.34. The lowest BCUT2D eigenvalue weighted by atomic mass is 10.1. The van der Waals surface area contributed by atoms with Crippen molar-refractivity contribution in [2.45, 2.75) is 19.9 Å². The highest BCUT2D eigenvalue weighted by molar-refractivity contribution is 9.10. The molecule has 1 aromatic heterocycles. The molecule has 5 nitrogen and oxygen atoms in total. The van der Waals surface area contributed by atoms with Crippen molar-refractivity contribution in [3.05, 3.63) is 51.8 Å². The summed E-state index contributed by atoms with van der Waals surface area (Å²) in [6.45, 7) is 3.71. The number of nitrogens with one attached hydrogen (secondary N) is 1. The van der Waals surface area contributed by atoms with E-state index in [0.29, 0.717) is 11.6 Å². The number of halogens is 1. The van der Waals surface area contributed by atoms with Crippen LogP contribution in [0, 0.1) is 6.92 Å². The number of carbonyl (C=O) groups is 1. The SMILES string of the molecule is Cc1cc(C(=O)O)nc(NC(C)c2ccc(Br)cc2)n1. The molecular formula is C14H14BrN3O2. The van der Waals surface area contributed by atoms with Crippen LogP contribution in [0.2, 0.25) is 0 Å². The number of rotatable bonds is 4. The lowest BCUT2D eigenvalue weighted by Gasteiger charge is -2.15. The zero-order valence-electron chi connectivity index (χ0n) is 11.1. The van der Waals surface area contributed by atoms with Gasteiger partial charge < -0.3 is 10.4 Å². The summed E-state index contributed by atoms with van der Waals surface area (Å²) >= 11 is 3.39. The minimum Gasteiger partial charge on any atom is -0.477 e. The van der Waals surface area contributed by atoms with Gasteiger partial charge in [-0.1, -0.05) is 28.1 Å². The van der Waals surface area contributed by atoms with Crippen LogP contribution < -0.4 is 5.32 Å². The van der Waals surface area contributed by atoms with Gasteiger partial charge >= 0.3 is 5.97 Å². The molecule has 6 heteroatoms. The molecule has 0 saturated heterocycles. The molecule has 0 bridgehead atoms. The van der Waals surface area contributed by atoms with Crippen molar-refractivity contribution in [3.63, 3.8) is 0 Å². The van der Waals surface area contributed by atoms with Crippen LogP contribution in [0.25, 0.3) is 0 Å². The largest absolute Gasteiger partial charge is 0.477 e. The summed E-state index contributed by atoms with van der Waals surface area (Å²) in [5.41, 5.74) is 1.67. The number of carboxylic acids is 1. The first-order valence-corrected chi connectivity index (χ1v) is 6.86. The average molecular weight is 336 g/mol. The number of nitrogens with zero attached hydrogens (tertiary/aromatic N) is 2. The first kappa shape index (κ1) is 14.5. The smallest absolute Gasteiger partial charge is 0.354 e. The van der Waals surface area contributed by atoms with E-state index in [-0.39, 0.29) is 11.7 Å². The van der Waals surface area contributed by atoms with Crippen LogP contribution in [0.1, 0.15) is 34.7 Å². The third-order valence-corrected chi connectivity index (χ3v) is 3.32. The quantitative estimate of drug-likeness (QED) is 0.895. The summed E-state index contributed by atoms with van der Waals surface area (Å²) < 4.78 is 1.01. The van der Waals surface area contributed by atoms with E-state index in [1.165, 1.54) is 6.07 Å². The third kappa shape index (κ3) is 3.54. The summed E-state index contributed by atoms with van der Waals surface area (Å²) in [7, 11) is 0. The number of hydrogen-bond acceptors (Lipinski definition) is 4. The second-order valence-corrected chi connectivity index (χ2v) is 5.36. The van der Waals surface area contributed by atoms with Crippen molar-refractivity contribution in [2.75, 3.05) is 5.32 Å². The Bertz CT molecular complexity index is 629. The van der Waals surface area contributed by atoms with Crippen LogP contribution in [-0.2, 0) is 0 Å². The van der Waals surface area contributed by atoms with Crippen LogP contribution >= 0.6 is 15.9 Å². The van der Waals surface area contributed by atoms with Gasteiger partial charge in [-0.2, -0.15) is 0 Å². The summed E-state index contributed by atoms with van der Waals surface area (Å²) in [6.07, 6.45) is 0. The van der Waals surface area contributed by atoms with Gasteiger partial charge in [0.1, 0.15) is 0 Å². The summed E-state index contributed by atoms with van der Waals surface area (Å²) in [6, 6.07) is 9.29. The van der Waals surface area contributed by atoms with Crippen LogP contribution in [0.3, 0.4) is 0 Å². The van der Waals surface area contributed by atoms with Gasteiger partial charge in [-0.15, -0.1) is 0 Å². The van der Waals surface area contributed by atoms with Crippen molar-refractivity contribution in [1.29, 1.82) is 0 Å². The lowest BCUT2D eigenvalue weighted by molar-refractivity contribution is 0.0690. The molecule has 1 unspecified atom stereocenters. The zero-order valence-corrected chi connectivity index (χ0v) is 12.7. The van der Waals surface area contributed by atoms with Crippen molar-refractivity contribution >= 4 is 27.8 Å². The van der Waals surface area contributed by atoms with Gasteiger partial charge in [0.05, 0.1) is 6.04 Å². The van der Waals surface area contributed by atoms with Crippen LogP contribution in [0.5, 0.6) is 0 Å². The molecule has 0 spiro atoms. The van der Waals surface area contributed by atoms with E-state index >= 15 is 0 Å². The number of carboxylic acid groups (broad SMARTS) is 1. The molecule has 1 aromatic carbocycles. The van der Waals surface area contributed by atoms with Crippen LogP contribution in [0.15, 0.2) is 34.8 Å². The molecule has 0 aliphatic rings. The van der Waals surface area contributed by atoms with Crippen molar-refractivity contribution in [2.24, 2.45) is 0 Å². The van der Waals surface area contributed by atoms with Gasteiger partial charge in [-0.05, 0) is 37.6 Å². The zero-order chi connectivity index (χ0) is 14.7. The van der Waals surface area contributed by atoms with E-state index in [9.17, 15) is 4.79 Å². The monoisotopic (exact) mass is 335 g/mol. The van der Waals surface area contributed by atoms with Crippen molar-refractivity contribution < 1.29 is 9.90 Å². The predicted octanol–water partition coefficient (Wildman–Crippen LogP) is 3.42. The maximum absolute atomic E-state index is 11.0. The number of benzene rings is 1. The molecule has 20 heavy (non-hydrogen) atoms. The van der Waals surface area contributed by atoms with E-state index in [4.69, 9.17) is 5.11 Å². The summed E-state index contributed by atoms with van der Waals surface area (Å²) in [5, 5.41) is 12.1. The van der Waals surface area contributed by atoms with E-state index < -0.39 is 5.97 Å². The Hall–Kier alpha value is -1.95. The Labute approximate surface area is 125 Å². The standard InChI is InChI=1S/C14H14BrN3O2/c1-8-7-12(13(19)20)18-14(16-8)17-9(2)10-3-5-11(15)6-4-10/h3-7,9H,1-2H3,(H,19,20)(H,16,17,18). The van der Waals surface area contributed by atoms with E-state index in [2.05, 4.69) is 31.2 Å². The van der Waals surface area contributed by atoms with Crippen molar-refractivity contribution in [1.82, 2.24) is 9.97 Å². The highest BCUT2D eigenvalue weighted by Crippen LogP contribution is 2.19. The average Bonchev–Trinajstić information content (AvgIpc) is 2.38. The Balaban J connectivity index is 2.21. The van der Waals surface area contributed by atoms with Crippen LogP contribution in [0.4, 0.5) is 5.95 Å². The molecule has 1 heterocycles. The molecule has 0 fully saturated rings. The van der Waals surface area contributed by atoms with Gasteiger partial charge in [-0.25, -0.2) is 14.8 Å². The van der Waals surface area contributed by atoms with Gasteiger partial charge in [0.25, 0.3) is 0 Å². The third-order valence-electron chi connectivity index (χ3n) is 2.79. The number of hydrogen-bond donors (Lipinski definition) is 2. The minimum atomic E-state index is -1.06. The second-order valence-electron chi connectivity index (χ2n) is 4.44. The maximum Gasteiger partial charge on any atom is 0.354 e. The summed E-state index contributed by atoms with van der Waals surface area (Å²) in [5.74, 6) is -0.743. The summed E-state index contributed by atoms with van der Waals surface area (Å²) in [4.78, 5) is 19.2. The maximum atomic E-state index is 11.0. The molecule has 1 atom stereocenters. The van der Waals surface area contributed by atoms with Crippen LogP contribution in [-0.4, -0.2) is 21.0 Å².